The molecule has 0 rings (SSSR count). The van der Waals surface area contributed by atoms with Crippen LogP contribution in [-0.2, 0) is 9.53 Å². The Bertz CT molecular complexity index is 267. The molecule has 0 radical (unpaired) electrons. The van der Waals surface area contributed by atoms with E-state index in [9.17, 15) is 10.1 Å². The van der Waals surface area contributed by atoms with E-state index in [4.69, 9.17) is 4.74 Å². The first-order chi connectivity index (χ1) is 7.48. The van der Waals surface area contributed by atoms with E-state index < -0.39 is 5.41 Å². The summed E-state index contributed by atoms with van der Waals surface area (Å²) in [6.07, 6.45) is 1.09. The SMILES string of the molecule is CCC(C#N)(CC)C(=O)N(C)C(C)COC. The van der Waals surface area contributed by atoms with Crippen LogP contribution >= 0.6 is 0 Å². The number of amides is 1. The van der Waals surface area contributed by atoms with Crippen molar-refractivity contribution < 1.29 is 9.53 Å². The Morgan fingerprint density at radius 1 is 1.50 bits per heavy atom. The number of carbonyl (C=O) groups excluding carboxylic acids is 1. The summed E-state index contributed by atoms with van der Waals surface area (Å²) in [4.78, 5) is 13.8. The molecule has 4 heteroatoms. The Morgan fingerprint density at radius 2 is 2.00 bits per heavy atom. The molecule has 0 aliphatic rings. The van der Waals surface area contributed by atoms with E-state index in [0.29, 0.717) is 19.4 Å². The summed E-state index contributed by atoms with van der Waals surface area (Å²) >= 11 is 0. The Morgan fingerprint density at radius 3 is 2.31 bits per heavy atom. The molecule has 0 aromatic heterocycles. The van der Waals surface area contributed by atoms with E-state index in [-0.39, 0.29) is 11.9 Å². The maximum Gasteiger partial charge on any atom is 0.243 e. The Labute approximate surface area is 98.2 Å². The molecule has 0 aromatic rings. The van der Waals surface area contributed by atoms with Crippen molar-refractivity contribution in [1.29, 1.82) is 5.26 Å². The van der Waals surface area contributed by atoms with Crippen LogP contribution in [0.2, 0.25) is 0 Å². The van der Waals surface area contributed by atoms with Gasteiger partial charge in [0.05, 0.1) is 18.7 Å². The van der Waals surface area contributed by atoms with Gasteiger partial charge in [-0.3, -0.25) is 4.79 Å². The van der Waals surface area contributed by atoms with E-state index >= 15 is 0 Å². The first-order valence-electron chi connectivity index (χ1n) is 5.66. The molecule has 0 aliphatic carbocycles. The monoisotopic (exact) mass is 226 g/mol. The van der Waals surface area contributed by atoms with Gasteiger partial charge in [-0.25, -0.2) is 0 Å². The molecule has 92 valence electrons. The smallest absolute Gasteiger partial charge is 0.243 e. The minimum absolute atomic E-state index is 0.0108. The number of carbonyl (C=O) groups is 1. The fourth-order valence-corrected chi connectivity index (χ4v) is 1.65. The molecule has 0 saturated carbocycles. The zero-order chi connectivity index (χ0) is 12.8. The van der Waals surface area contributed by atoms with Crippen LogP contribution in [0.1, 0.15) is 33.6 Å². The minimum atomic E-state index is -0.878. The van der Waals surface area contributed by atoms with Crippen LogP contribution in [0.15, 0.2) is 0 Å². The second-order valence-electron chi connectivity index (χ2n) is 4.12. The highest BCUT2D eigenvalue weighted by atomic mass is 16.5. The third kappa shape index (κ3) is 2.96. The van der Waals surface area contributed by atoms with Gasteiger partial charge in [-0.1, -0.05) is 13.8 Å². The van der Waals surface area contributed by atoms with Gasteiger partial charge in [0.15, 0.2) is 0 Å². The van der Waals surface area contributed by atoms with E-state index in [1.54, 1.807) is 19.1 Å². The van der Waals surface area contributed by atoms with Crippen LogP contribution in [0, 0.1) is 16.7 Å². The first kappa shape index (κ1) is 14.9. The van der Waals surface area contributed by atoms with Crippen LogP contribution in [0.5, 0.6) is 0 Å². The molecule has 0 aliphatic heterocycles. The van der Waals surface area contributed by atoms with Gasteiger partial charge in [0.25, 0.3) is 0 Å². The van der Waals surface area contributed by atoms with Gasteiger partial charge in [0, 0.05) is 14.2 Å². The zero-order valence-electron chi connectivity index (χ0n) is 10.9. The largest absolute Gasteiger partial charge is 0.383 e. The number of hydrogen-bond acceptors (Lipinski definition) is 3. The Balaban J connectivity index is 4.83. The van der Waals surface area contributed by atoms with Crippen LogP contribution in [0.25, 0.3) is 0 Å². The topological polar surface area (TPSA) is 53.3 Å². The van der Waals surface area contributed by atoms with E-state index in [1.807, 2.05) is 20.8 Å². The van der Waals surface area contributed by atoms with Crippen molar-refractivity contribution in [2.75, 3.05) is 20.8 Å². The van der Waals surface area contributed by atoms with Crippen LogP contribution < -0.4 is 0 Å². The highest BCUT2D eigenvalue weighted by Crippen LogP contribution is 2.28. The lowest BCUT2D eigenvalue weighted by molar-refractivity contribution is -0.140. The lowest BCUT2D eigenvalue weighted by atomic mass is 9.82. The fourth-order valence-electron chi connectivity index (χ4n) is 1.65. The maximum absolute atomic E-state index is 12.2. The van der Waals surface area contributed by atoms with Crippen molar-refractivity contribution in [3.05, 3.63) is 0 Å². The first-order valence-corrected chi connectivity index (χ1v) is 5.66. The van der Waals surface area contributed by atoms with E-state index in [2.05, 4.69) is 6.07 Å². The second-order valence-corrected chi connectivity index (χ2v) is 4.12. The van der Waals surface area contributed by atoms with Gasteiger partial charge in [-0.2, -0.15) is 5.26 Å². The molecule has 4 nitrogen and oxygen atoms in total. The summed E-state index contributed by atoms with van der Waals surface area (Å²) < 4.78 is 5.01. The number of rotatable bonds is 6. The minimum Gasteiger partial charge on any atom is -0.383 e. The van der Waals surface area contributed by atoms with Gasteiger partial charge in [-0.15, -0.1) is 0 Å². The molecule has 0 saturated heterocycles. The van der Waals surface area contributed by atoms with Crippen molar-refractivity contribution in [2.24, 2.45) is 5.41 Å². The molecule has 1 unspecified atom stereocenters. The highest BCUT2D eigenvalue weighted by molar-refractivity contribution is 5.85. The predicted molar refractivity (Wildman–Crippen MR) is 62.7 cm³/mol. The van der Waals surface area contributed by atoms with Gasteiger partial charge >= 0.3 is 0 Å². The molecule has 1 amide bonds. The van der Waals surface area contributed by atoms with Gasteiger partial charge in [0.2, 0.25) is 5.91 Å². The van der Waals surface area contributed by atoms with Gasteiger partial charge < -0.3 is 9.64 Å². The van der Waals surface area contributed by atoms with Crippen molar-refractivity contribution in [3.8, 4) is 6.07 Å². The number of methoxy groups -OCH3 is 1. The van der Waals surface area contributed by atoms with E-state index in [1.165, 1.54) is 0 Å². The van der Waals surface area contributed by atoms with Crippen molar-refractivity contribution in [3.63, 3.8) is 0 Å². The molecule has 0 fully saturated rings. The highest BCUT2D eigenvalue weighted by Gasteiger charge is 2.38. The van der Waals surface area contributed by atoms with Crippen LogP contribution in [0.3, 0.4) is 0 Å². The number of nitriles is 1. The summed E-state index contributed by atoms with van der Waals surface area (Å²) in [5, 5.41) is 9.18. The standard InChI is InChI=1S/C12H22N2O2/c1-6-12(7-2,9-13)11(15)14(4)10(3)8-16-5/h10H,6-8H2,1-5H3. The maximum atomic E-state index is 12.2. The average molecular weight is 226 g/mol. The summed E-state index contributed by atoms with van der Waals surface area (Å²) in [5.74, 6) is -0.107. The molecular formula is C12H22N2O2. The quantitative estimate of drug-likeness (QED) is 0.694. The molecular weight excluding hydrogens is 204 g/mol. The van der Waals surface area contributed by atoms with Crippen LogP contribution in [0.4, 0.5) is 0 Å². The van der Waals surface area contributed by atoms with E-state index in [0.717, 1.165) is 0 Å². The summed E-state index contributed by atoms with van der Waals surface area (Å²) in [7, 11) is 3.33. The lowest BCUT2D eigenvalue weighted by Crippen LogP contribution is -2.46. The zero-order valence-corrected chi connectivity index (χ0v) is 10.9. The summed E-state index contributed by atoms with van der Waals surface area (Å²) in [6, 6.07) is 2.15. The molecule has 16 heavy (non-hydrogen) atoms. The van der Waals surface area contributed by atoms with Crippen molar-refractivity contribution >= 4 is 5.91 Å². The summed E-state index contributed by atoms with van der Waals surface area (Å²) in [6.45, 7) is 6.14. The second kappa shape index (κ2) is 6.49. The molecule has 0 spiro atoms. The van der Waals surface area contributed by atoms with Gasteiger partial charge in [0.1, 0.15) is 5.41 Å². The Hall–Kier alpha value is -1.08. The number of nitrogens with zero attached hydrogens (tertiary/aromatic N) is 2. The fraction of sp³-hybridized carbons (Fsp3) is 0.833. The molecule has 0 bridgehead atoms. The normalized spacial score (nSPS) is 13.0. The predicted octanol–water partition coefficient (Wildman–Crippen LogP) is 1.81. The number of likely N-dealkylation sites (N-methyl/N-ethyl adjacent to an activating group) is 1. The third-order valence-electron chi connectivity index (χ3n) is 3.22. The Kier molecular flexibility index (Phi) is 6.05. The third-order valence-corrected chi connectivity index (χ3v) is 3.22. The van der Waals surface area contributed by atoms with Crippen molar-refractivity contribution in [2.45, 2.75) is 39.7 Å². The number of ether oxygens (including phenoxy) is 1. The number of hydrogen-bond donors (Lipinski definition) is 0. The average Bonchev–Trinajstić information content (AvgIpc) is 2.31. The molecule has 0 N–H and O–H groups in total. The molecule has 1 atom stereocenters. The van der Waals surface area contributed by atoms with Gasteiger partial charge in [-0.05, 0) is 19.8 Å². The molecule has 0 aromatic carbocycles. The molecule has 0 heterocycles. The summed E-state index contributed by atoms with van der Waals surface area (Å²) in [5.41, 5.74) is -0.878. The lowest BCUT2D eigenvalue weighted by Gasteiger charge is -2.32. The van der Waals surface area contributed by atoms with Crippen molar-refractivity contribution in [1.82, 2.24) is 4.90 Å². The van der Waals surface area contributed by atoms with Crippen LogP contribution in [-0.4, -0.2) is 37.6 Å².